The molecule has 0 saturated carbocycles. The van der Waals surface area contributed by atoms with Crippen molar-refractivity contribution in [1.29, 1.82) is 0 Å². The molecule has 0 fully saturated rings. The minimum atomic E-state index is 0.733. The highest BCUT2D eigenvalue weighted by molar-refractivity contribution is 5.96. The largest absolute Gasteiger partial charge is 0.335 e. The molecule has 164 valence electrons. The summed E-state index contributed by atoms with van der Waals surface area (Å²) in [5.74, 6) is 0. The molecule has 0 radical (unpaired) electrons. The smallest absolute Gasteiger partial charge is 0.0644 e. The summed E-state index contributed by atoms with van der Waals surface area (Å²) in [6.45, 7) is 7.34. The van der Waals surface area contributed by atoms with Crippen LogP contribution in [0.15, 0.2) is 116 Å². The number of aromatic nitrogens is 1. The average molecular weight is 439 g/mol. The Hall–Kier alpha value is -4.30. The summed E-state index contributed by atoms with van der Waals surface area (Å²) in [6, 6.07) is 36.7. The maximum atomic E-state index is 4.47. The third-order valence-corrected chi connectivity index (χ3v) is 6.65. The number of hydrogen-bond donors (Lipinski definition) is 0. The van der Waals surface area contributed by atoms with Crippen LogP contribution in [-0.4, -0.2) is 4.57 Å². The van der Waals surface area contributed by atoms with Gasteiger partial charge in [-0.1, -0.05) is 85.0 Å². The quantitative estimate of drug-likeness (QED) is 0.269. The third-order valence-electron chi connectivity index (χ3n) is 6.65. The highest BCUT2D eigenvalue weighted by Crippen LogP contribution is 2.40. The minimum Gasteiger partial charge on any atom is -0.335 e. The Bertz CT molecular complexity index is 1540. The lowest BCUT2D eigenvalue weighted by Crippen LogP contribution is -2.20. The molecule has 4 aromatic carbocycles. The zero-order valence-electron chi connectivity index (χ0n) is 19.3. The Morgan fingerprint density at radius 1 is 0.706 bits per heavy atom. The van der Waals surface area contributed by atoms with Gasteiger partial charge in [0.2, 0.25) is 0 Å². The van der Waals surface area contributed by atoms with E-state index in [1.54, 1.807) is 0 Å². The normalized spacial score (nSPS) is 14.1. The number of anilines is 2. The number of rotatable bonds is 2. The van der Waals surface area contributed by atoms with Crippen molar-refractivity contribution in [2.75, 3.05) is 4.90 Å². The van der Waals surface area contributed by atoms with E-state index in [1.165, 1.54) is 44.7 Å². The van der Waals surface area contributed by atoms with Gasteiger partial charge in [0.05, 0.1) is 17.8 Å². The fraction of sp³-hybridized carbons (Fsp3) is 0.0625. The van der Waals surface area contributed by atoms with Crippen LogP contribution in [0.3, 0.4) is 0 Å². The zero-order valence-corrected chi connectivity index (χ0v) is 19.3. The second-order valence-electron chi connectivity index (χ2n) is 8.85. The Kier molecular flexibility index (Phi) is 4.92. The van der Waals surface area contributed by atoms with Crippen LogP contribution in [0.25, 0.3) is 28.2 Å². The second-order valence-corrected chi connectivity index (χ2v) is 8.85. The highest BCUT2D eigenvalue weighted by Gasteiger charge is 2.23. The Balaban J connectivity index is 1.69. The monoisotopic (exact) mass is 438 g/mol. The van der Waals surface area contributed by atoms with Crippen molar-refractivity contribution in [3.8, 4) is 5.69 Å². The summed E-state index contributed by atoms with van der Waals surface area (Å²) >= 11 is 0. The lowest BCUT2D eigenvalue weighted by Gasteiger charge is -2.28. The molecule has 0 amide bonds. The first-order valence-corrected chi connectivity index (χ1v) is 11.7. The molecule has 2 heterocycles. The summed E-state index contributed by atoms with van der Waals surface area (Å²) in [5.41, 5.74) is 10.6. The molecule has 1 aliphatic rings. The van der Waals surface area contributed by atoms with E-state index in [2.05, 4.69) is 138 Å². The van der Waals surface area contributed by atoms with Gasteiger partial charge in [0.15, 0.2) is 0 Å². The Morgan fingerprint density at radius 3 is 2.15 bits per heavy atom. The number of fused-ring (bicyclic) bond motifs is 4. The van der Waals surface area contributed by atoms with E-state index in [1.807, 2.05) is 0 Å². The van der Waals surface area contributed by atoms with Crippen molar-refractivity contribution >= 4 is 33.9 Å². The third kappa shape index (κ3) is 3.36. The summed E-state index contributed by atoms with van der Waals surface area (Å²) in [6.07, 6.45) is 4.42. The zero-order chi connectivity index (χ0) is 23.1. The molecule has 1 aromatic heterocycles. The van der Waals surface area contributed by atoms with Crippen molar-refractivity contribution < 1.29 is 0 Å². The second kappa shape index (κ2) is 8.24. The summed E-state index contributed by atoms with van der Waals surface area (Å²) in [7, 11) is 0. The van der Waals surface area contributed by atoms with Gasteiger partial charge in [-0.25, -0.2) is 0 Å². The molecule has 0 saturated heterocycles. The van der Waals surface area contributed by atoms with E-state index in [-0.39, 0.29) is 0 Å². The van der Waals surface area contributed by atoms with Gasteiger partial charge in [-0.05, 0) is 55.0 Å². The van der Waals surface area contributed by atoms with E-state index in [0.717, 1.165) is 17.8 Å². The van der Waals surface area contributed by atoms with E-state index < -0.39 is 0 Å². The molecule has 34 heavy (non-hydrogen) atoms. The lowest BCUT2D eigenvalue weighted by atomic mass is 10.0. The number of benzene rings is 4. The highest BCUT2D eigenvalue weighted by atomic mass is 15.2. The number of hydrogen-bond acceptors (Lipinski definition) is 1. The average Bonchev–Trinajstić information content (AvgIpc) is 3.21. The van der Waals surface area contributed by atoms with E-state index in [0.29, 0.717) is 0 Å². The fourth-order valence-electron chi connectivity index (χ4n) is 5.02. The van der Waals surface area contributed by atoms with E-state index >= 15 is 0 Å². The van der Waals surface area contributed by atoms with Gasteiger partial charge < -0.3 is 9.47 Å². The molecule has 5 aromatic rings. The van der Waals surface area contributed by atoms with Crippen LogP contribution < -0.4 is 4.90 Å². The Morgan fingerprint density at radius 2 is 1.38 bits per heavy atom. The van der Waals surface area contributed by atoms with Crippen LogP contribution in [0.2, 0.25) is 0 Å². The van der Waals surface area contributed by atoms with Crippen LogP contribution in [0, 0.1) is 6.92 Å². The van der Waals surface area contributed by atoms with Crippen molar-refractivity contribution in [3.05, 3.63) is 138 Å². The van der Waals surface area contributed by atoms with Crippen LogP contribution in [-0.2, 0) is 6.54 Å². The summed E-state index contributed by atoms with van der Waals surface area (Å²) in [5, 5.41) is 1.25. The van der Waals surface area contributed by atoms with Crippen LogP contribution >= 0.6 is 0 Å². The van der Waals surface area contributed by atoms with Crippen molar-refractivity contribution in [1.82, 2.24) is 4.57 Å². The summed E-state index contributed by atoms with van der Waals surface area (Å²) in [4.78, 5) is 2.42. The first-order valence-electron chi connectivity index (χ1n) is 11.7. The summed E-state index contributed by atoms with van der Waals surface area (Å²) < 4.78 is 2.41. The molecule has 2 nitrogen and oxygen atoms in total. The van der Waals surface area contributed by atoms with Gasteiger partial charge in [-0.15, -0.1) is 0 Å². The predicted octanol–water partition coefficient (Wildman–Crippen LogP) is 8.32. The van der Waals surface area contributed by atoms with Gasteiger partial charge in [-0.2, -0.15) is 0 Å². The molecule has 0 N–H and O–H groups in total. The van der Waals surface area contributed by atoms with E-state index in [4.69, 9.17) is 0 Å². The fourth-order valence-corrected chi connectivity index (χ4v) is 5.02. The molecule has 1 aliphatic heterocycles. The molecule has 2 heteroatoms. The molecule has 6 rings (SSSR count). The molecular formula is C32H26N2. The molecule has 0 bridgehead atoms. The van der Waals surface area contributed by atoms with Gasteiger partial charge in [0, 0.05) is 33.6 Å². The molecule has 0 atom stereocenters. The van der Waals surface area contributed by atoms with Gasteiger partial charge in [-0.3, -0.25) is 0 Å². The number of allylic oxidation sites excluding steroid dienone is 2. The topological polar surface area (TPSA) is 8.17 Å². The SMILES string of the molecule is C=C1/C=C\c2c(n(-c3ccccc3)c3ccccc23)CN(c2ccccc2)c2ccc(C)cc21. The van der Waals surface area contributed by atoms with Crippen molar-refractivity contribution in [2.24, 2.45) is 0 Å². The van der Waals surface area contributed by atoms with Crippen molar-refractivity contribution in [2.45, 2.75) is 13.5 Å². The van der Waals surface area contributed by atoms with Crippen LogP contribution in [0.4, 0.5) is 11.4 Å². The first kappa shape index (κ1) is 20.3. The lowest BCUT2D eigenvalue weighted by molar-refractivity contribution is 0.886. The maximum absolute atomic E-state index is 4.47. The standard InChI is InChI=1S/C32H26N2/c1-23-17-20-30-29(21-23)24(2)18-19-28-27-15-9-10-16-31(27)34(26-13-7-4-8-14-26)32(28)22-33(30)25-11-5-3-6-12-25/h3-21H,2,22H2,1H3/b19-18-. The molecule has 0 spiro atoms. The van der Waals surface area contributed by atoms with Gasteiger partial charge in [0.1, 0.15) is 0 Å². The predicted molar refractivity (Wildman–Crippen MR) is 145 cm³/mol. The van der Waals surface area contributed by atoms with E-state index in [9.17, 15) is 0 Å². The Labute approximate surface area is 200 Å². The number of para-hydroxylation sites is 3. The minimum absolute atomic E-state index is 0.733. The maximum Gasteiger partial charge on any atom is 0.0644 e. The van der Waals surface area contributed by atoms with Gasteiger partial charge >= 0.3 is 0 Å². The number of nitrogens with zero attached hydrogens (tertiary/aromatic N) is 2. The first-order chi connectivity index (χ1) is 16.7. The molecular weight excluding hydrogens is 412 g/mol. The number of aryl methyl sites for hydroxylation is 1. The van der Waals surface area contributed by atoms with Crippen LogP contribution in [0.1, 0.15) is 22.4 Å². The molecule has 0 unspecified atom stereocenters. The van der Waals surface area contributed by atoms with Crippen LogP contribution in [0.5, 0.6) is 0 Å². The molecule has 0 aliphatic carbocycles. The van der Waals surface area contributed by atoms with Gasteiger partial charge in [0.25, 0.3) is 0 Å². The van der Waals surface area contributed by atoms with Crippen molar-refractivity contribution in [3.63, 3.8) is 0 Å².